The van der Waals surface area contributed by atoms with Crippen LogP contribution in [0.25, 0.3) is 0 Å². The fourth-order valence-corrected chi connectivity index (χ4v) is 1.53. The minimum absolute atomic E-state index is 0.499. The standard InChI is InChI=1S/C12H22N4/c1-15(2)8-5-9-16(3)12-7-4-6-11(10-13)14-12/h4,6-7H,5,8-10,13H2,1-3H3. The molecule has 1 heterocycles. The molecule has 4 nitrogen and oxygen atoms in total. The highest BCUT2D eigenvalue weighted by molar-refractivity contribution is 5.38. The van der Waals surface area contributed by atoms with E-state index in [9.17, 15) is 0 Å². The molecule has 16 heavy (non-hydrogen) atoms. The van der Waals surface area contributed by atoms with Crippen molar-refractivity contribution in [1.82, 2.24) is 9.88 Å². The smallest absolute Gasteiger partial charge is 0.128 e. The van der Waals surface area contributed by atoms with Crippen molar-refractivity contribution in [2.24, 2.45) is 5.73 Å². The van der Waals surface area contributed by atoms with Crippen molar-refractivity contribution in [3.63, 3.8) is 0 Å². The van der Waals surface area contributed by atoms with E-state index in [2.05, 4.69) is 35.9 Å². The summed E-state index contributed by atoms with van der Waals surface area (Å²) in [7, 11) is 6.25. The zero-order valence-electron chi connectivity index (χ0n) is 10.5. The number of hydrogen-bond acceptors (Lipinski definition) is 4. The summed E-state index contributed by atoms with van der Waals surface area (Å²) in [4.78, 5) is 8.84. The Morgan fingerprint density at radius 1 is 1.19 bits per heavy atom. The van der Waals surface area contributed by atoms with Crippen molar-refractivity contribution >= 4 is 5.82 Å². The third kappa shape index (κ3) is 4.16. The Morgan fingerprint density at radius 3 is 2.56 bits per heavy atom. The van der Waals surface area contributed by atoms with Crippen LogP contribution < -0.4 is 10.6 Å². The maximum absolute atomic E-state index is 5.57. The Hall–Kier alpha value is -1.13. The van der Waals surface area contributed by atoms with Gasteiger partial charge in [0.15, 0.2) is 0 Å². The van der Waals surface area contributed by atoms with Crippen LogP contribution >= 0.6 is 0 Å². The Morgan fingerprint density at radius 2 is 1.94 bits per heavy atom. The summed E-state index contributed by atoms with van der Waals surface area (Å²) in [6.07, 6.45) is 1.14. The van der Waals surface area contributed by atoms with Crippen LogP contribution in [0.4, 0.5) is 5.82 Å². The fourth-order valence-electron chi connectivity index (χ4n) is 1.53. The average Bonchev–Trinajstić information content (AvgIpc) is 2.28. The van der Waals surface area contributed by atoms with Crippen LogP contribution in [-0.2, 0) is 6.54 Å². The number of anilines is 1. The quantitative estimate of drug-likeness (QED) is 0.777. The predicted octanol–water partition coefficient (Wildman–Crippen LogP) is 0.928. The van der Waals surface area contributed by atoms with Gasteiger partial charge in [0.1, 0.15) is 5.82 Å². The second-order valence-electron chi connectivity index (χ2n) is 4.27. The van der Waals surface area contributed by atoms with Gasteiger partial charge in [-0.3, -0.25) is 0 Å². The second kappa shape index (κ2) is 6.45. The molecule has 0 aliphatic carbocycles. The highest BCUT2D eigenvalue weighted by Gasteiger charge is 2.02. The third-order valence-electron chi connectivity index (χ3n) is 2.49. The van der Waals surface area contributed by atoms with E-state index in [1.54, 1.807) is 0 Å². The first-order chi connectivity index (χ1) is 7.63. The summed E-state index contributed by atoms with van der Waals surface area (Å²) < 4.78 is 0. The van der Waals surface area contributed by atoms with Crippen molar-refractivity contribution in [3.8, 4) is 0 Å². The molecule has 4 heteroatoms. The summed E-state index contributed by atoms with van der Waals surface area (Å²) in [6.45, 7) is 2.61. The summed E-state index contributed by atoms with van der Waals surface area (Å²) in [6, 6.07) is 5.99. The van der Waals surface area contributed by atoms with Gasteiger partial charge in [-0.2, -0.15) is 0 Å². The van der Waals surface area contributed by atoms with Gasteiger partial charge in [0.2, 0.25) is 0 Å². The predicted molar refractivity (Wildman–Crippen MR) is 68.6 cm³/mol. The van der Waals surface area contributed by atoms with Gasteiger partial charge in [-0.15, -0.1) is 0 Å². The zero-order valence-corrected chi connectivity index (χ0v) is 10.5. The average molecular weight is 222 g/mol. The molecule has 90 valence electrons. The highest BCUT2D eigenvalue weighted by atomic mass is 15.2. The molecular formula is C12H22N4. The number of pyridine rings is 1. The summed E-state index contributed by atoms with van der Waals surface area (Å²) in [5.41, 5.74) is 6.51. The SMILES string of the molecule is CN(C)CCCN(C)c1cccc(CN)n1. The Bertz CT molecular complexity index is 312. The van der Waals surface area contributed by atoms with Gasteiger partial charge in [0, 0.05) is 20.1 Å². The lowest BCUT2D eigenvalue weighted by Gasteiger charge is -2.19. The van der Waals surface area contributed by atoms with Crippen LogP contribution in [0.2, 0.25) is 0 Å². The number of hydrogen-bond donors (Lipinski definition) is 1. The summed E-state index contributed by atoms with van der Waals surface area (Å²) in [5.74, 6) is 1.00. The van der Waals surface area contributed by atoms with E-state index in [1.165, 1.54) is 0 Å². The summed E-state index contributed by atoms with van der Waals surface area (Å²) >= 11 is 0. The normalized spacial score (nSPS) is 10.8. The molecule has 0 saturated heterocycles. The molecule has 1 aromatic rings. The van der Waals surface area contributed by atoms with E-state index in [1.807, 2.05) is 18.2 Å². The van der Waals surface area contributed by atoms with E-state index < -0.39 is 0 Å². The van der Waals surface area contributed by atoms with Gasteiger partial charge >= 0.3 is 0 Å². The molecule has 0 atom stereocenters. The molecule has 0 fully saturated rings. The van der Waals surface area contributed by atoms with Crippen molar-refractivity contribution < 1.29 is 0 Å². The minimum atomic E-state index is 0.499. The van der Waals surface area contributed by atoms with Crippen LogP contribution in [0.1, 0.15) is 12.1 Å². The van der Waals surface area contributed by atoms with Crippen molar-refractivity contribution in [1.29, 1.82) is 0 Å². The van der Waals surface area contributed by atoms with Crippen molar-refractivity contribution in [3.05, 3.63) is 23.9 Å². The van der Waals surface area contributed by atoms with Crippen LogP contribution in [0.5, 0.6) is 0 Å². The topological polar surface area (TPSA) is 45.4 Å². The summed E-state index contributed by atoms with van der Waals surface area (Å²) in [5, 5.41) is 0. The fraction of sp³-hybridized carbons (Fsp3) is 0.583. The van der Waals surface area contributed by atoms with E-state index in [0.29, 0.717) is 6.54 Å². The number of rotatable bonds is 6. The lowest BCUT2D eigenvalue weighted by molar-refractivity contribution is 0.401. The first-order valence-electron chi connectivity index (χ1n) is 5.65. The van der Waals surface area contributed by atoms with Gasteiger partial charge in [-0.25, -0.2) is 4.98 Å². The first kappa shape index (κ1) is 12.9. The van der Waals surface area contributed by atoms with Crippen LogP contribution in [0.15, 0.2) is 18.2 Å². The van der Waals surface area contributed by atoms with Gasteiger partial charge < -0.3 is 15.5 Å². The maximum atomic E-state index is 5.57. The molecule has 1 aromatic heterocycles. The number of nitrogens with zero attached hydrogens (tertiary/aromatic N) is 3. The van der Waals surface area contributed by atoms with Gasteiger partial charge in [0.05, 0.1) is 5.69 Å². The molecule has 1 rings (SSSR count). The van der Waals surface area contributed by atoms with Gasteiger partial charge in [-0.05, 0) is 39.2 Å². The number of nitrogens with two attached hydrogens (primary N) is 1. The van der Waals surface area contributed by atoms with Crippen molar-refractivity contribution in [2.75, 3.05) is 39.1 Å². The van der Waals surface area contributed by atoms with Crippen LogP contribution in [-0.4, -0.2) is 44.1 Å². The van der Waals surface area contributed by atoms with Crippen LogP contribution in [0, 0.1) is 0 Å². The Kier molecular flexibility index (Phi) is 5.22. The van der Waals surface area contributed by atoms with Gasteiger partial charge in [-0.1, -0.05) is 6.07 Å². The molecule has 0 radical (unpaired) electrons. The lowest BCUT2D eigenvalue weighted by atomic mass is 10.3. The monoisotopic (exact) mass is 222 g/mol. The van der Waals surface area contributed by atoms with Crippen LogP contribution in [0.3, 0.4) is 0 Å². The third-order valence-corrected chi connectivity index (χ3v) is 2.49. The molecular weight excluding hydrogens is 200 g/mol. The van der Waals surface area contributed by atoms with E-state index in [0.717, 1.165) is 31.0 Å². The molecule has 0 aliphatic heterocycles. The molecule has 0 amide bonds. The van der Waals surface area contributed by atoms with E-state index >= 15 is 0 Å². The Labute approximate surface area is 98.1 Å². The lowest BCUT2D eigenvalue weighted by Crippen LogP contribution is -2.24. The Balaban J connectivity index is 2.48. The van der Waals surface area contributed by atoms with E-state index in [-0.39, 0.29) is 0 Å². The molecule has 2 N–H and O–H groups in total. The zero-order chi connectivity index (χ0) is 12.0. The largest absolute Gasteiger partial charge is 0.360 e. The highest BCUT2D eigenvalue weighted by Crippen LogP contribution is 2.09. The van der Waals surface area contributed by atoms with Crippen molar-refractivity contribution in [2.45, 2.75) is 13.0 Å². The van der Waals surface area contributed by atoms with Gasteiger partial charge in [0.25, 0.3) is 0 Å². The number of aromatic nitrogens is 1. The molecule has 0 saturated carbocycles. The minimum Gasteiger partial charge on any atom is -0.360 e. The maximum Gasteiger partial charge on any atom is 0.128 e. The molecule has 0 aromatic carbocycles. The molecule has 0 aliphatic rings. The molecule has 0 unspecified atom stereocenters. The second-order valence-corrected chi connectivity index (χ2v) is 4.27. The van der Waals surface area contributed by atoms with E-state index in [4.69, 9.17) is 5.73 Å². The molecule has 0 bridgehead atoms. The molecule has 0 spiro atoms. The first-order valence-corrected chi connectivity index (χ1v) is 5.65.